The lowest BCUT2D eigenvalue weighted by Gasteiger charge is -2.41. The molecule has 0 radical (unpaired) electrons. The zero-order chi connectivity index (χ0) is 9.97. The molecule has 0 aromatic rings. The molecule has 2 aliphatic rings. The van der Waals surface area contributed by atoms with E-state index in [-0.39, 0.29) is 0 Å². The second-order valence-electron chi connectivity index (χ2n) is 4.42. The Balaban J connectivity index is 1.91. The Bertz CT molecular complexity index is 182. The van der Waals surface area contributed by atoms with E-state index in [1.165, 1.54) is 37.2 Å². The summed E-state index contributed by atoms with van der Waals surface area (Å²) in [6.45, 7) is 2.31. The highest BCUT2D eigenvalue weighted by molar-refractivity contribution is 8.07. The maximum Gasteiger partial charge on any atom is 0.0320 e. The van der Waals surface area contributed by atoms with E-state index in [2.05, 4.69) is 30.4 Å². The van der Waals surface area contributed by atoms with E-state index < -0.39 is 0 Å². The largest absolute Gasteiger partial charge is 0.326 e. The number of rotatable bonds is 3. The van der Waals surface area contributed by atoms with E-state index in [1.54, 1.807) is 0 Å². The summed E-state index contributed by atoms with van der Waals surface area (Å²) in [6.07, 6.45) is 5.49. The van der Waals surface area contributed by atoms with E-state index in [0.29, 0.717) is 6.04 Å². The number of hydrogen-bond acceptors (Lipinski definition) is 3. The molecule has 1 saturated heterocycles. The molecule has 1 nitrogen and oxygen atoms in total. The maximum atomic E-state index is 6.39. The van der Waals surface area contributed by atoms with Gasteiger partial charge in [0.05, 0.1) is 0 Å². The van der Waals surface area contributed by atoms with Crippen LogP contribution in [0.3, 0.4) is 0 Å². The van der Waals surface area contributed by atoms with Gasteiger partial charge in [-0.15, -0.1) is 0 Å². The van der Waals surface area contributed by atoms with Crippen molar-refractivity contribution in [3.8, 4) is 0 Å². The molecule has 3 heteroatoms. The van der Waals surface area contributed by atoms with Gasteiger partial charge < -0.3 is 5.73 Å². The molecule has 0 amide bonds. The van der Waals surface area contributed by atoms with Crippen molar-refractivity contribution in [1.29, 1.82) is 0 Å². The summed E-state index contributed by atoms with van der Waals surface area (Å²) >= 11 is 4.29. The Hall–Kier alpha value is 0.660. The highest BCUT2D eigenvalue weighted by Crippen LogP contribution is 2.40. The minimum Gasteiger partial charge on any atom is -0.326 e. The predicted octanol–water partition coefficient (Wildman–Crippen LogP) is 2.74. The van der Waals surface area contributed by atoms with Crippen molar-refractivity contribution >= 4 is 23.5 Å². The van der Waals surface area contributed by atoms with E-state index in [1.807, 2.05) is 0 Å². The van der Waals surface area contributed by atoms with Gasteiger partial charge in [0.1, 0.15) is 0 Å². The van der Waals surface area contributed by atoms with Crippen LogP contribution in [0.5, 0.6) is 0 Å². The van der Waals surface area contributed by atoms with Crippen LogP contribution in [0.25, 0.3) is 0 Å². The topological polar surface area (TPSA) is 26.0 Å². The summed E-state index contributed by atoms with van der Waals surface area (Å²) in [6, 6.07) is 0.478. The fourth-order valence-corrected chi connectivity index (χ4v) is 5.66. The molecular weight excluding hydrogens is 210 g/mol. The Morgan fingerprint density at radius 1 is 1.29 bits per heavy atom. The van der Waals surface area contributed by atoms with Gasteiger partial charge in [-0.25, -0.2) is 0 Å². The summed E-state index contributed by atoms with van der Waals surface area (Å²) < 4.78 is 0. The van der Waals surface area contributed by atoms with Gasteiger partial charge in [-0.05, 0) is 25.2 Å². The summed E-state index contributed by atoms with van der Waals surface area (Å²) in [5.74, 6) is 3.49. The van der Waals surface area contributed by atoms with Crippen LogP contribution in [0.1, 0.15) is 32.6 Å². The molecule has 0 spiro atoms. The molecule has 0 aromatic carbocycles. The van der Waals surface area contributed by atoms with Crippen LogP contribution >= 0.6 is 23.5 Å². The van der Waals surface area contributed by atoms with E-state index >= 15 is 0 Å². The number of thioether (sulfide) groups is 2. The van der Waals surface area contributed by atoms with Gasteiger partial charge in [-0.2, -0.15) is 23.5 Å². The second kappa shape index (κ2) is 5.13. The van der Waals surface area contributed by atoms with Crippen LogP contribution in [-0.4, -0.2) is 28.0 Å². The Kier molecular flexibility index (Phi) is 4.09. The van der Waals surface area contributed by atoms with Crippen molar-refractivity contribution in [2.75, 3.05) is 11.5 Å². The van der Waals surface area contributed by atoms with E-state index in [9.17, 15) is 0 Å². The molecule has 3 atom stereocenters. The lowest BCUT2D eigenvalue weighted by atomic mass is 9.78. The van der Waals surface area contributed by atoms with Crippen LogP contribution in [0, 0.1) is 5.92 Å². The Morgan fingerprint density at radius 3 is 2.57 bits per heavy atom. The molecule has 3 unspecified atom stereocenters. The minimum absolute atomic E-state index is 0.478. The fourth-order valence-electron chi connectivity index (χ4n) is 2.39. The lowest BCUT2D eigenvalue weighted by Crippen LogP contribution is -2.48. The fraction of sp³-hybridized carbons (Fsp3) is 1.00. The van der Waals surface area contributed by atoms with Gasteiger partial charge in [0, 0.05) is 28.0 Å². The number of hydrogen-bond donors (Lipinski definition) is 1. The molecule has 1 aliphatic carbocycles. The summed E-state index contributed by atoms with van der Waals surface area (Å²) in [5.41, 5.74) is 6.39. The first-order chi connectivity index (χ1) is 6.83. The maximum absolute atomic E-state index is 6.39. The first-order valence-electron chi connectivity index (χ1n) is 5.81. The van der Waals surface area contributed by atoms with Crippen molar-refractivity contribution in [2.45, 2.75) is 49.1 Å². The SMILES string of the molecule is CCC1SCCSC1C(N)C1CCC1. The van der Waals surface area contributed by atoms with E-state index in [0.717, 1.165) is 16.4 Å². The summed E-state index contributed by atoms with van der Waals surface area (Å²) in [4.78, 5) is 0. The normalized spacial score (nSPS) is 36.4. The predicted molar refractivity (Wildman–Crippen MR) is 68.1 cm³/mol. The van der Waals surface area contributed by atoms with Crippen LogP contribution in [0.15, 0.2) is 0 Å². The Labute approximate surface area is 96.0 Å². The van der Waals surface area contributed by atoms with E-state index in [4.69, 9.17) is 5.73 Å². The molecule has 0 bridgehead atoms. The van der Waals surface area contributed by atoms with Crippen LogP contribution in [0.2, 0.25) is 0 Å². The lowest BCUT2D eigenvalue weighted by molar-refractivity contribution is 0.255. The monoisotopic (exact) mass is 231 g/mol. The molecule has 2 N–H and O–H groups in total. The smallest absolute Gasteiger partial charge is 0.0320 e. The zero-order valence-corrected chi connectivity index (χ0v) is 10.6. The summed E-state index contributed by atoms with van der Waals surface area (Å²) in [5, 5.41) is 1.56. The average molecular weight is 231 g/mol. The quantitative estimate of drug-likeness (QED) is 0.809. The molecule has 0 aromatic heterocycles. The van der Waals surface area contributed by atoms with Crippen molar-refractivity contribution in [1.82, 2.24) is 0 Å². The first-order valence-corrected chi connectivity index (χ1v) is 7.91. The van der Waals surface area contributed by atoms with Crippen LogP contribution < -0.4 is 5.73 Å². The molecule has 2 fully saturated rings. The first kappa shape index (κ1) is 11.2. The Morgan fingerprint density at radius 2 is 2.00 bits per heavy atom. The third kappa shape index (κ3) is 2.25. The highest BCUT2D eigenvalue weighted by atomic mass is 32.2. The third-order valence-electron chi connectivity index (χ3n) is 3.57. The molecular formula is C11H21NS2. The molecule has 82 valence electrons. The van der Waals surface area contributed by atoms with Gasteiger partial charge in [0.15, 0.2) is 0 Å². The number of nitrogens with two attached hydrogens (primary N) is 1. The van der Waals surface area contributed by atoms with Gasteiger partial charge in [-0.3, -0.25) is 0 Å². The summed E-state index contributed by atoms with van der Waals surface area (Å²) in [7, 11) is 0. The van der Waals surface area contributed by atoms with Crippen molar-refractivity contribution in [3.63, 3.8) is 0 Å². The standard InChI is InChI=1S/C11H21NS2/c1-2-9-11(14-7-6-13-9)10(12)8-4-3-5-8/h8-11H,2-7,12H2,1H3. The average Bonchev–Trinajstić information content (AvgIpc) is 2.15. The van der Waals surface area contributed by atoms with Crippen molar-refractivity contribution < 1.29 is 0 Å². The van der Waals surface area contributed by atoms with Crippen LogP contribution in [-0.2, 0) is 0 Å². The third-order valence-corrected chi connectivity index (χ3v) is 6.96. The minimum atomic E-state index is 0.478. The molecule has 2 rings (SSSR count). The second-order valence-corrected chi connectivity index (χ2v) is 7.05. The molecule has 14 heavy (non-hydrogen) atoms. The van der Waals surface area contributed by atoms with Gasteiger partial charge in [0.25, 0.3) is 0 Å². The highest BCUT2D eigenvalue weighted by Gasteiger charge is 2.36. The molecule has 1 aliphatic heterocycles. The van der Waals surface area contributed by atoms with Crippen molar-refractivity contribution in [3.05, 3.63) is 0 Å². The van der Waals surface area contributed by atoms with Gasteiger partial charge in [0.2, 0.25) is 0 Å². The van der Waals surface area contributed by atoms with Gasteiger partial charge >= 0.3 is 0 Å². The van der Waals surface area contributed by atoms with Crippen molar-refractivity contribution in [2.24, 2.45) is 11.7 Å². The molecule has 1 heterocycles. The van der Waals surface area contributed by atoms with Crippen LogP contribution in [0.4, 0.5) is 0 Å². The zero-order valence-electron chi connectivity index (χ0n) is 8.95. The van der Waals surface area contributed by atoms with Gasteiger partial charge in [-0.1, -0.05) is 13.3 Å². The molecule has 1 saturated carbocycles.